The van der Waals surface area contributed by atoms with Gasteiger partial charge in [-0.15, -0.1) is 5.10 Å². The molecule has 5 nitrogen and oxygen atoms in total. The Bertz CT molecular complexity index is 799. The van der Waals surface area contributed by atoms with E-state index in [1.54, 1.807) is 0 Å². The maximum absolute atomic E-state index is 14.2. The van der Waals surface area contributed by atoms with E-state index in [1.807, 2.05) is 13.0 Å². The van der Waals surface area contributed by atoms with E-state index < -0.39 is 17.6 Å². The molecular formula is C15H12F2N4O. The number of aromatic nitrogens is 2. The standard InChI is InChI=1S/C15H12F2N4O/c1-2-10-13-11(12-8(16)4-3-5-9(12)17)7(6-18)14(19)22-15(13)21-20-10/h3-5,11H,2,19H2,1H3,(H,20,21)/t11-/m0/s1. The summed E-state index contributed by atoms with van der Waals surface area (Å²) in [7, 11) is 0. The first-order valence-corrected chi connectivity index (χ1v) is 6.67. The van der Waals surface area contributed by atoms with Gasteiger partial charge in [-0.1, -0.05) is 13.0 Å². The number of allylic oxidation sites excluding steroid dienone is 1. The van der Waals surface area contributed by atoms with Crippen LogP contribution in [0.4, 0.5) is 8.78 Å². The zero-order valence-corrected chi connectivity index (χ0v) is 11.7. The van der Waals surface area contributed by atoms with Crippen LogP contribution in [0.1, 0.15) is 29.7 Å². The van der Waals surface area contributed by atoms with Gasteiger partial charge in [0.1, 0.15) is 23.3 Å². The summed E-state index contributed by atoms with van der Waals surface area (Å²) in [5, 5.41) is 16.1. The molecule has 0 aliphatic carbocycles. The van der Waals surface area contributed by atoms with E-state index >= 15 is 0 Å². The van der Waals surface area contributed by atoms with Gasteiger partial charge in [0, 0.05) is 11.3 Å². The molecule has 1 aliphatic rings. The first-order chi connectivity index (χ1) is 10.6. The van der Waals surface area contributed by atoms with Gasteiger partial charge in [0.2, 0.25) is 11.8 Å². The van der Waals surface area contributed by atoms with Crippen LogP contribution in [-0.2, 0) is 6.42 Å². The molecule has 2 aromatic rings. The Labute approximate surface area is 125 Å². The number of nitriles is 1. The number of halogens is 2. The minimum atomic E-state index is -0.983. The highest BCUT2D eigenvalue weighted by atomic mass is 19.1. The molecule has 112 valence electrons. The summed E-state index contributed by atoms with van der Waals surface area (Å²) in [5.41, 5.74) is 6.53. The third-order valence-corrected chi connectivity index (χ3v) is 3.66. The normalized spacial score (nSPS) is 16.9. The number of benzene rings is 1. The Balaban J connectivity index is 2.33. The Morgan fingerprint density at radius 3 is 2.64 bits per heavy atom. The Morgan fingerprint density at radius 1 is 1.36 bits per heavy atom. The first kappa shape index (κ1) is 14.1. The second kappa shape index (κ2) is 5.15. The van der Waals surface area contributed by atoms with Gasteiger partial charge >= 0.3 is 0 Å². The fourth-order valence-corrected chi connectivity index (χ4v) is 2.65. The summed E-state index contributed by atoms with van der Waals surface area (Å²) in [5.74, 6) is -2.54. The van der Waals surface area contributed by atoms with Gasteiger partial charge in [-0.3, -0.25) is 5.10 Å². The van der Waals surface area contributed by atoms with Crippen molar-refractivity contribution in [2.45, 2.75) is 19.3 Å². The van der Waals surface area contributed by atoms with Crippen LogP contribution in [0.25, 0.3) is 0 Å². The zero-order chi connectivity index (χ0) is 15.9. The predicted octanol–water partition coefficient (Wildman–Crippen LogP) is 2.47. The van der Waals surface area contributed by atoms with E-state index in [4.69, 9.17) is 10.5 Å². The highest BCUT2D eigenvalue weighted by Crippen LogP contribution is 2.44. The lowest BCUT2D eigenvalue weighted by Crippen LogP contribution is -2.22. The minimum Gasteiger partial charge on any atom is -0.420 e. The number of hydrogen-bond acceptors (Lipinski definition) is 4. The molecule has 1 atom stereocenters. The summed E-state index contributed by atoms with van der Waals surface area (Å²) in [6.07, 6.45) is 0.539. The number of ether oxygens (including phenoxy) is 1. The van der Waals surface area contributed by atoms with Crippen molar-refractivity contribution in [2.75, 3.05) is 0 Å². The van der Waals surface area contributed by atoms with Crippen molar-refractivity contribution < 1.29 is 13.5 Å². The predicted molar refractivity (Wildman–Crippen MR) is 73.6 cm³/mol. The highest BCUT2D eigenvalue weighted by Gasteiger charge is 2.37. The molecule has 1 aromatic heterocycles. The largest absolute Gasteiger partial charge is 0.420 e. The van der Waals surface area contributed by atoms with Crippen LogP contribution in [-0.4, -0.2) is 10.2 Å². The van der Waals surface area contributed by atoms with Crippen LogP contribution >= 0.6 is 0 Å². The van der Waals surface area contributed by atoms with Crippen LogP contribution in [0.2, 0.25) is 0 Å². The molecule has 3 rings (SSSR count). The second-order valence-electron chi connectivity index (χ2n) is 4.83. The van der Waals surface area contributed by atoms with Gasteiger partial charge in [0.05, 0.1) is 11.5 Å². The Kier molecular flexibility index (Phi) is 3.29. The number of hydrogen-bond donors (Lipinski definition) is 2. The lowest BCUT2D eigenvalue weighted by molar-refractivity contribution is 0.376. The summed E-state index contributed by atoms with van der Waals surface area (Å²) < 4.78 is 33.7. The Morgan fingerprint density at radius 2 is 2.05 bits per heavy atom. The lowest BCUT2D eigenvalue weighted by atomic mass is 9.83. The van der Waals surface area contributed by atoms with Crippen LogP contribution in [0.5, 0.6) is 5.88 Å². The average Bonchev–Trinajstić information content (AvgIpc) is 2.89. The SMILES string of the molecule is CCc1[nH]nc2c1[C@H](c1c(F)cccc1F)C(C#N)=C(N)O2. The number of aryl methyl sites for hydroxylation is 1. The second-order valence-corrected chi connectivity index (χ2v) is 4.83. The summed E-state index contributed by atoms with van der Waals surface area (Å²) >= 11 is 0. The molecular weight excluding hydrogens is 290 g/mol. The van der Waals surface area contributed by atoms with E-state index in [0.717, 1.165) is 12.1 Å². The maximum atomic E-state index is 14.2. The molecule has 0 fully saturated rings. The van der Waals surface area contributed by atoms with Crippen LogP contribution in [0, 0.1) is 23.0 Å². The van der Waals surface area contributed by atoms with Crippen molar-refractivity contribution in [3.05, 3.63) is 58.1 Å². The molecule has 0 spiro atoms. The number of fused-ring (bicyclic) bond motifs is 1. The number of rotatable bonds is 2. The average molecular weight is 302 g/mol. The van der Waals surface area contributed by atoms with Gasteiger partial charge in [-0.25, -0.2) is 8.78 Å². The van der Waals surface area contributed by atoms with E-state index in [-0.39, 0.29) is 22.9 Å². The van der Waals surface area contributed by atoms with Gasteiger partial charge in [0.15, 0.2) is 0 Å². The van der Waals surface area contributed by atoms with Crippen molar-refractivity contribution in [1.29, 1.82) is 5.26 Å². The fraction of sp³-hybridized carbons (Fsp3) is 0.200. The molecule has 0 unspecified atom stereocenters. The summed E-state index contributed by atoms with van der Waals surface area (Å²) in [4.78, 5) is 0. The topological polar surface area (TPSA) is 87.7 Å². The van der Waals surface area contributed by atoms with Gasteiger partial charge in [0.25, 0.3) is 0 Å². The molecule has 0 amide bonds. The van der Waals surface area contributed by atoms with Crippen molar-refractivity contribution in [3.8, 4) is 11.9 Å². The summed E-state index contributed by atoms with van der Waals surface area (Å²) in [6, 6.07) is 5.45. The monoisotopic (exact) mass is 302 g/mol. The smallest absolute Gasteiger partial charge is 0.244 e. The number of nitrogens with one attached hydrogen (secondary N) is 1. The summed E-state index contributed by atoms with van der Waals surface area (Å²) in [6.45, 7) is 1.86. The molecule has 3 N–H and O–H groups in total. The minimum absolute atomic E-state index is 0.0346. The maximum Gasteiger partial charge on any atom is 0.244 e. The molecule has 1 aliphatic heterocycles. The molecule has 0 saturated heterocycles. The van der Waals surface area contributed by atoms with Crippen molar-refractivity contribution in [1.82, 2.24) is 10.2 Å². The fourth-order valence-electron chi connectivity index (χ4n) is 2.65. The third-order valence-electron chi connectivity index (χ3n) is 3.66. The number of nitrogens with two attached hydrogens (primary N) is 1. The molecule has 22 heavy (non-hydrogen) atoms. The number of nitrogens with zero attached hydrogens (tertiary/aromatic N) is 2. The Hall–Kier alpha value is -2.88. The van der Waals surface area contributed by atoms with E-state index in [9.17, 15) is 14.0 Å². The molecule has 0 bridgehead atoms. The van der Waals surface area contributed by atoms with Crippen molar-refractivity contribution >= 4 is 0 Å². The lowest BCUT2D eigenvalue weighted by Gasteiger charge is -2.24. The van der Waals surface area contributed by atoms with Crippen molar-refractivity contribution in [3.63, 3.8) is 0 Å². The van der Waals surface area contributed by atoms with E-state index in [0.29, 0.717) is 17.7 Å². The number of aromatic amines is 1. The number of H-pyrrole nitrogens is 1. The van der Waals surface area contributed by atoms with Gasteiger partial charge < -0.3 is 10.5 Å². The third kappa shape index (κ3) is 1.92. The van der Waals surface area contributed by atoms with E-state index in [1.165, 1.54) is 6.07 Å². The molecule has 2 heterocycles. The van der Waals surface area contributed by atoms with Crippen LogP contribution in [0.15, 0.2) is 29.7 Å². The molecule has 7 heteroatoms. The zero-order valence-electron chi connectivity index (χ0n) is 11.7. The van der Waals surface area contributed by atoms with E-state index in [2.05, 4.69) is 10.2 Å². The molecule has 0 radical (unpaired) electrons. The van der Waals surface area contributed by atoms with Gasteiger partial charge in [-0.05, 0) is 18.6 Å². The van der Waals surface area contributed by atoms with Crippen LogP contribution in [0.3, 0.4) is 0 Å². The van der Waals surface area contributed by atoms with Crippen LogP contribution < -0.4 is 10.5 Å². The first-order valence-electron chi connectivity index (χ1n) is 6.67. The highest BCUT2D eigenvalue weighted by molar-refractivity contribution is 5.55. The quantitative estimate of drug-likeness (QED) is 0.892. The molecule has 0 saturated carbocycles. The molecule has 1 aromatic carbocycles. The van der Waals surface area contributed by atoms with Gasteiger partial charge in [-0.2, -0.15) is 5.26 Å². The van der Waals surface area contributed by atoms with Crippen molar-refractivity contribution in [2.24, 2.45) is 5.73 Å².